The molecule has 0 heterocycles. The molecule has 0 aliphatic carbocycles. The minimum atomic E-state index is -2.31. The van der Waals surface area contributed by atoms with E-state index < -0.39 is 22.8 Å². The van der Waals surface area contributed by atoms with E-state index in [0.717, 1.165) is 51.4 Å². The molecular weight excluding hydrogens is 909 g/mol. The van der Waals surface area contributed by atoms with E-state index in [4.69, 9.17) is 136 Å². The maximum absolute atomic E-state index is 8.26. The quantitative estimate of drug-likeness (QED) is 0.0522. The van der Waals surface area contributed by atoms with Crippen LogP contribution in [0.3, 0.4) is 0 Å². The summed E-state index contributed by atoms with van der Waals surface area (Å²) in [6.45, 7) is 21.1. The van der Waals surface area contributed by atoms with Crippen molar-refractivity contribution in [3.8, 4) is 0 Å². The second kappa shape index (κ2) is 41.9. The van der Waals surface area contributed by atoms with Gasteiger partial charge in [-0.1, -0.05) is 103 Å². The van der Waals surface area contributed by atoms with Crippen molar-refractivity contribution in [3.63, 3.8) is 0 Å². The molecule has 0 saturated carbocycles. The van der Waals surface area contributed by atoms with Gasteiger partial charge in [-0.25, -0.2) is 0 Å². The predicted octanol–water partition coefficient (Wildman–Crippen LogP) is 10.3. The summed E-state index contributed by atoms with van der Waals surface area (Å²) in [6, 6.07) is 0. The fourth-order valence-electron chi connectivity index (χ4n) is 1.77. The molecule has 0 saturated heterocycles. The Kier molecular flexibility index (Phi) is 54.2. The molecule has 0 unspecified atom stereocenters. The van der Waals surface area contributed by atoms with Crippen molar-refractivity contribution in [2.24, 2.45) is 0 Å². The average Bonchev–Trinajstić information content (AvgIpc) is 3.03. The molecule has 0 rings (SSSR count). The van der Waals surface area contributed by atoms with Crippen LogP contribution in [0.4, 0.5) is 0 Å². The molecule has 0 amide bonds. The molecular formula is C24H56MoO9P4S8. The van der Waals surface area contributed by atoms with Crippen molar-refractivity contribution in [1.82, 2.24) is 0 Å². The first kappa shape index (κ1) is 59.4. The van der Waals surface area contributed by atoms with Crippen LogP contribution in [0.15, 0.2) is 0 Å². The first-order chi connectivity index (χ1) is 21.5. The fourth-order valence-corrected chi connectivity index (χ4v) is 8.90. The second-order valence-electron chi connectivity index (χ2n) is 8.45. The van der Waals surface area contributed by atoms with E-state index in [2.05, 4.69) is 0 Å². The Morgan fingerprint density at radius 3 is 0.500 bits per heavy atom. The van der Waals surface area contributed by atoms with Crippen LogP contribution in [-0.2, 0) is 156 Å². The molecule has 0 aliphatic rings. The molecule has 280 valence electrons. The Morgan fingerprint density at radius 1 is 0.348 bits per heavy atom. The van der Waals surface area contributed by atoms with Gasteiger partial charge < -0.3 is 85.2 Å². The Morgan fingerprint density at radius 2 is 0.435 bits per heavy atom. The predicted molar refractivity (Wildman–Crippen MR) is 217 cm³/mol. The van der Waals surface area contributed by atoms with E-state index in [1.165, 1.54) is 0 Å². The summed E-state index contributed by atoms with van der Waals surface area (Å²) in [4.78, 5) is 0. The number of hydrogen-bond donors (Lipinski definition) is 0. The van der Waals surface area contributed by atoms with E-state index in [1.54, 1.807) is 0 Å². The standard InChI is InChI=1S/4C6H15O2PS2.Mo.O/c4*1-3-5-7-9(10,11)8-6-4-2;;/h4*3-6H2,1-2H3,(H,10,11);;/q;;;;+4;/p-4. The van der Waals surface area contributed by atoms with Gasteiger partial charge in [0.15, 0.2) is 0 Å². The minimum absolute atomic E-state index is 0.616. The van der Waals surface area contributed by atoms with Crippen molar-refractivity contribution >= 4 is 119 Å². The van der Waals surface area contributed by atoms with Gasteiger partial charge in [-0.3, -0.25) is 0 Å². The topological polar surface area (TPSA) is 90.9 Å². The van der Waals surface area contributed by atoms with Crippen molar-refractivity contribution in [1.29, 1.82) is 0 Å². The van der Waals surface area contributed by atoms with Crippen LogP contribution < -0.4 is 0 Å². The summed E-state index contributed by atoms with van der Waals surface area (Å²) >= 11 is 40.3. The third kappa shape index (κ3) is 54.9. The van der Waals surface area contributed by atoms with Crippen LogP contribution >= 0.6 is 22.8 Å². The second-order valence-corrected chi connectivity index (χ2v) is 28.4. The summed E-state index contributed by atoms with van der Waals surface area (Å²) in [5, 5.41) is 0. The monoisotopic (exact) mass is 966 g/mol. The number of hydrogen-bond acceptors (Lipinski definition) is 17. The molecule has 0 radical (unpaired) electrons. The Bertz CT molecular complexity index is 666. The normalized spacial score (nSPS) is 11.5. The summed E-state index contributed by atoms with van der Waals surface area (Å²) in [6.07, 6.45) is 7.48. The van der Waals surface area contributed by atoms with E-state index in [0.29, 0.717) is 72.6 Å². The molecule has 0 aromatic heterocycles. The van der Waals surface area contributed by atoms with Crippen LogP contribution in [-0.4, -0.2) is 52.9 Å². The summed E-state index contributed by atoms with van der Waals surface area (Å²) in [5.74, 6) is 0. The van der Waals surface area contributed by atoms with Gasteiger partial charge in [0.1, 0.15) is 0 Å². The van der Waals surface area contributed by atoms with Crippen molar-refractivity contribution in [2.45, 2.75) is 107 Å². The van der Waals surface area contributed by atoms with Crippen LogP contribution in [0.1, 0.15) is 107 Å². The zero-order chi connectivity index (χ0) is 37.0. The summed E-state index contributed by atoms with van der Waals surface area (Å²) in [5.41, 5.74) is -9.24. The van der Waals surface area contributed by atoms with E-state index >= 15 is 0 Å². The van der Waals surface area contributed by atoms with E-state index in [-0.39, 0.29) is 0 Å². The van der Waals surface area contributed by atoms with Crippen molar-refractivity contribution in [2.75, 3.05) is 52.9 Å². The fraction of sp³-hybridized carbons (Fsp3) is 1.00. The molecule has 46 heavy (non-hydrogen) atoms. The molecule has 0 spiro atoms. The van der Waals surface area contributed by atoms with Crippen LogP contribution in [0.25, 0.3) is 0 Å². The zero-order valence-corrected chi connectivity index (χ0v) is 40.6. The third-order valence-electron chi connectivity index (χ3n) is 3.63. The number of rotatable bonds is 24. The molecule has 22 heteroatoms. The summed E-state index contributed by atoms with van der Waals surface area (Å²) < 4.78 is 49.9. The van der Waals surface area contributed by atoms with Gasteiger partial charge in [0, 0.05) is 0 Å². The van der Waals surface area contributed by atoms with Crippen molar-refractivity contribution < 1.29 is 59.4 Å². The molecule has 0 aromatic carbocycles. The van der Waals surface area contributed by atoms with Crippen LogP contribution in [0.2, 0.25) is 0 Å². The van der Waals surface area contributed by atoms with Gasteiger partial charge in [0.25, 0.3) is 0 Å². The molecule has 0 N–H and O–H groups in total. The van der Waals surface area contributed by atoms with E-state index in [9.17, 15) is 0 Å². The Hall–Kier alpha value is 4.17. The molecule has 0 fully saturated rings. The van der Waals surface area contributed by atoms with E-state index in [1.807, 2.05) is 55.4 Å². The average molecular weight is 965 g/mol. The maximum atomic E-state index is 8.26. The van der Waals surface area contributed by atoms with Gasteiger partial charge in [-0.15, -0.1) is 0 Å². The Balaban J connectivity index is -0.000000159. The van der Waals surface area contributed by atoms with Gasteiger partial charge >= 0.3 is 23.2 Å². The molecule has 0 aromatic rings. The summed E-state index contributed by atoms with van der Waals surface area (Å²) in [7, 11) is 0. The SMILES string of the molecule is CCCOP(=S)([S-])OCCC.CCCOP(=S)([S-])OCCC.CCCOP(=S)([S-])OCCC.CCCOP(=S)([S-])OCCC.[O]=[Mo+4]. The Labute approximate surface area is 334 Å². The van der Waals surface area contributed by atoms with Gasteiger partial charge in [0.2, 0.25) is 0 Å². The zero-order valence-electron chi connectivity index (χ0n) is 28.5. The molecule has 9 nitrogen and oxygen atoms in total. The third-order valence-corrected chi connectivity index (χ3v) is 12.7. The first-order valence-electron chi connectivity index (χ1n) is 15.1. The van der Waals surface area contributed by atoms with Crippen LogP contribution in [0, 0.1) is 0 Å². The van der Waals surface area contributed by atoms with Gasteiger partial charge in [0.05, 0.1) is 75.6 Å². The molecule has 0 aliphatic heterocycles. The molecule has 0 bridgehead atoms. The van der Waals surface area contributed by atoms with Crippen LogP contribution in [0.5, 0.6) is 0 Å². The molecule has 0 atom stereocenters. The van der Waals surface area contributed by atoms with Gasteiger partial charge in [-0.2, -0.15) is 0 Å². The van der Waals surface area contributed by atoms with Crippen molar-refractivity contribution in [3.05, 3.63) is 0 Å². The van der Waals surface area contributed by atoms with Gasteiger partial charge in [-0.05, 0) is 51.4 Å². The first-order valence-corrected chi connectivity index (χ1v) is 30.5.